The molecule has 0 aliphatic carbocycles. The van der Waals surface area contributed by atoms with Crippen LogP contribution in [0, 0.1) is 11.3 Å². The van der Waals surface area contributed by atoms with Crippen LogP contribution in [0.4, 0.5) is 0 Å². The third-order valence-corrected chi connectivity index (χ3v) is 3.72. The van der Waals surface area contributed by atoms with Crippen LogP contribution in [0.1, 0.15) is 60.3 Å². The van der Waals surface area contributed by atoms with E-state index in [2.05, 4.69) is 50.9 Å². The highest BCUT2D eigenvalue weighted by Crippen LogP contribution is 2.17. The maximum absolute atomic E-state index is 9.41. The van der Waals surface area contributed by atoms with Gasteiger partial charge >= 0.3 is 0 Å². The lowest BCUT2D eigenvalue weighted by Crippen LogP contribution is -2.44. The van der Waals surface area contributed by atoms with E-state index in [0.29, 0.717) is 6.04 Å². The minimum atomic E-state index is -0.313. The number of rotatable bonds is 10. The Labute approximate surface area is 114 Å². The monoisotopic (exact) mass is 253 g/mol. The molecule has 0 aliphatic rings. The molecule has 106 valence electrons. The van der Waals surface area contributed by atoms with Crippen molar-refractivity contribution in [1.82, 2.24) is 10.2 Å². The van der Waals surface area contributed by atoms with Crippen molar-refractivity contribution in [3.05, 3.63) is 0 Å². The lowest BCUT2D eigenvalue weighted by Gasteiger charge is -2.29. The molecule has 0 radical (unpaired) electrons. The van der Waals surface area contributed by atoms with Gasteiger partial charge < -0.3 is 4.90 Å². The summed E-state index contributed by atoms with van der Waals surface area (Å²) in [5.41, 5.74) is -0.313. The van der Waals surface area contributed by atoms with Gasteiger partial charge in [-0.2, -0.15) is 5.26 Å². The van der Waals surface area contributed by atoms with Crippen molar-refractivity contribution in [3.63, 3.8) is 0 Å². The Morgan fingerprint density at radius 2 is 1.94 bits per heavy atom. The standard InChI is InChI=1S/C15H31N3/c1-6-11-17-15(7-2,13-16)10-9-12-18(8-3)14(4)5/h14,17H,6-12H2,1-5H3. The van der Waals surface area contributed by atoms with Crippen molar-refractivity contribution in [2.24, 2.45) is 0 Å². The Kier molecular flexibility index (Phi) is 9.05. The Morgan fingerprint density at radius 3 is 2.33 bits per heavy atom. The van der Waals surface area contributed by atoms with Gasteiger partial charge in [0.25, 0.3) is 0 Å². The van der Waals surface area contributed by atoms with Gasteiger partial charge in [-0.1, -0.05) is 20.8 Å². The van der Waals surface area contributed by atoms with E-state index in [1.54, 1.807) is 0 Å². The van der Waals surface area contributed by atoms with Crippen LogP contribution in [-0.4, -0.2) is 36.1 Å². The van der Waals surface area contributed by atoms with E-state index < -0.39 is 0 Å². The summed E-state index contributed by atoms with van der Waals surface area (Å²) < 4.78 is 0. The van der Waals surface area contributed by atoms with Crippen LogP contribution < -0.4 is 5.32 Å². The van der Waals surface area contributed by atoms with Crippen LogP contribution >= 0.6 is 0 Å². The Bertz CT molecular complexity index is 245. The van der Waals surface area contributed by atoms with Gasteiger partial charge in [0.1, 0.15) is 5.54 Å². The van der Waals surface area contributed by atoms with E-state index in [1.807, 2.05) is 0 Å². The summed E-state index contributed by atoms with van der Waals surface area (Å²) in [4.78, 5) is 2.46. The lowest BCUT2D eigenvalue weighted by molar-refractivity contribution is 0.219. The molecule has 18 heavy (non-hydrogen) atoms. The smallest absolute Gasteiger partial charge is 0.106 e. The van der Waals surface area contributed by atoms with Gasteiger partial charge in [0.15, 0.2) is 0 Å². The predicted molar refractivity (Wildman–Crippen MR) is 78.5 cm³/mol. The van der Waals surface area contributed by atoms with Gasteiger partial charge in [0.05, 0.1) is 6.07 Å². The van der Waals surface area contributed by atoms with E-state index in [4.69, 9.17) is 0 Å². The molecular formula is C15H31N3. The maximum atomic E-state index is 9.41. The average molecular weight is 253 g/mol. The summed E-state index contributed by atoms with van der Waals surface area (Å²) in [7, 11) is 0. The van der Waals surface area contributed by atoms with E-state index in [1.165, 1.54) is 0 Å². The molecule has 0 rings (SSSR count). The molecule has 0 bridgehead atoms. The minimum Gasteiger partial charge on any atom is -0.301 e. The molecule has 1 N–H and O–H groups in total. The summed E-state index contributed by atoms with van der Waals surface area (Å²) in [6.45, 7) is 14.0. The van der Waals surface area contributed by atoms with Crippen molar-refractivity contribution < 1.29 is 0 Å². The van der Waals surface area contributed by atoms with Crippen LogP contribution in [0.15, 0.2) is 0 Å². The highest BCUT2D eigenvalue weighted by Gasteiger charge is 2.26. The van der Waals surface area contributed by atoms with Gasteiger partial charge in [0.2, 0.25) is 0 Å². The SMILES string of the molecule is CCCNC(C#N)(CC)CCCN(CC)C(C)C. The highest BCUT2D eigenvalue weighted by molar-refractivity contribution is 5.06. The van der Waals surface area contributed by atoms with E-state index in [9.17, 15) is 5.26 Å². The second-order valence-electron chi connectivity index (χ2n) is 5.30. The quantitative estimate of drug-likeness (QED) is 0.650. The third kappa shape index (κ3) is 5.84. The van der Waals surface area contributed by atoms with Gasteiger partial charge in [-0.3, -0.25) is 5.32 Å². The molecule has 0 fully saturated rings. The first-order chi connectivity index (χ1) is 8.55. The second-order valence-corrected chi connectivity index (χ2v) is 5.30. The molecule has 3 nitrogen and oxygen atoms in total. The number of nitriles is 1. The van der Waals surface area contributed by atoms with Crippen molar-refractivity contribution in [3.8, 4) is 6.07 Å². The van der Waals surface area contributed by atoms with Crippen molar-refractivity contribution in [2.45, 2.75) is 71.9 Å². The zero-order valence-corrected chi connectivity index (χ0v) is 12.9. The maximum Gasteiger partial charge on any atom is 0.106 e. The largest absolute Gasteiger partial charge is 0.301 e. The molecule has 0 aliphatic heterocycles. The molecule has 0 amide bonds. The van der Waals surface area contributed by atoms with Crippen LogP contribution in [0.25, 0.3) is 0 Å². The summed E-state index contributed by atoms with van der Waals surface area (Å²) in [5, 5.41) is 12.8. The van der Waals surface area contributed by atoms with Crippen LogP contribution in [0.5, 0.6) is 0 Å². The van der Waals surface area contributed by atoms with Crippen molar-refractivity contribution in [1.29, 1.82) is 5.26 Å². The van der Waals surface area contributed by atoms with Crippen LogP contribution in [0.3, 0.4) is 0 Å². The second kappa shape index (κ2) is 9.35. The minimum absolute atomic E-state index is 0.313. The molecule has 0 aromatic heterocycles. The zero-order chi connectivity index (χ0) is 14.0. The zero-order valence-electron chi connectivity index (χ0n) is 12.9. The van der Waals surface area contributed by atoms with E-state index in [0.717, 1.165) is 45.3 Å². The summed E-state index contributed by atoms with van der Waals surface area (Å²) >= 11 is 0. The first-order valence-corrected chi connectivity index (χ1v) is 7.45. The Balaban J connectivity index is 4.23. The average Bonchev–Trinajstić information content (AvgIpc) is 2.38. The van der Waals surface area contributed by atoms with E-state index in [-0.39, 0.29) is 5.54 Å². The fraction of sp³-hybridized carbons (Fsp3) is 0.933. The Morgan fingerprint density at radius 1 is 1.28 bits per heavy atom. The summed E-state index contributed by atoms with van der Waals surface area (Å²) in [6.07, 6.45) is 4.00. The molecule has 0 aromatic rings. The van der Waals surface area contributed by atoms with Gasteiger partial charge in [-0.05, 0) is 59.2 Å². The first kappa shape index (κ1) is 17.4. The van der Waals surface area contributed by atoms with Crippen LogP contribution in [-0.2, 0) is 0 Å². The fourth-order valence-electron chi connectivity index (χ4n) is 2.29. The van der Waals surface area contributed by atoms with Crippen molar-refractivity contribution in [2.75, 3.05) is 19.6 Å². The van der Waals surface area contributed by atoms with Gasteiger partial charge in [-0.15, -0.1) is 0 Å². The predicted octanol–water partition coefficient (Wildman–Crippen LogP) is 3.17. The molecule has 1 atom stereocenters. The highest BCUT2D eigenvalue weighted by atomic mass is 15.1. The molecule has 0 heterocycles. The molecule has 3 heteroatoms. The lowest BCUT2D eigenvalue weighted by atomic mass is 9.91. The number of hydrogen-bond acceptors (Lipinski definition) is 3. The summed E-state index contributed by atoms with van der Waals surface area (Å²) in [6, 6.07) is 3.09. The van der Waals surface area contributed by atoms with Gasteiger partial charge in [-0.25, -0.2) is 0 Å². The topological polar surface area (TPSA) is 39.1 Å². The fourth-order valence-corrected chi connectivity index (χ4v) is 2.29. The third-order valence-electron chi connectivity index (χ3n) is 3.72. The molecule has 0 aromatic carbocycles. The summed E-state index contributed by atoms with van der Waals surface area (Å²) in [5.74, 6) is 0. The Hall–Kier alpha value is -0.590. The number of hydrogen-bond donors (Lipinski definition) is 1. The molecule has 0 saturated carbocycles. The normalized spacial score (nSPS) is 14.8. The van der Waals surface area contributed by atoms with Crippen molar-refractivity contribution >= 4 is 0 Å². The molecule has 0 saturated heterocycles. The molecule has 1 unspecified atom stereocenters. The number of nitrogens with zero attached hydrogens (tertiary/aromatic N) is 2. The van der Waals surface area contributed by atoms with Crippen LogP contribution in [0.2, 0.25) is 0 Å². The first-order valence-electron chi connectivity index (χ1n) is 7.45. The molecular weight excluding hydrogens is 222 g/mol. The van der Waals surface area contributed by atoms with Gasteiger partial charge in [0, 0.05) is 6.04 Å². The van der Waals surface area contributed by atoms with E-state index >= 15 is 0 Å². The molecule has 0 spiro atoms. The number of nitrogens with one attached hydrogen (secondary N) is 1.